The minimum absolute atomic E-state index is 0.244. The van der Waals surface area contributed by atoms with Crippen molar-refractivity contribution in [2.45, 2.75) is 18.9 Å². The molecule has 0 fully saturated rings. The summed E-state index contributed by atoms with van der Waals surface area (Å²) in [7, 11) is 0. The Morgan fingerprint density at radius 1 is 0.778 bits per heavy atom. The van der Waals surface area contributed by atoms with Gasteiger partial charge in [0.1, 0.15) is 0 Å². The summed E-state index contributed by atoms with van der Waals surface area (Å²) in [6.07, 6.45) is 4.37. The van der Waals surface area contributed by atoms with E-state index in [4.69, 9.17) is 5.73 Å². The largest absolute Gasteiger partial charge is 0.324 e. The minimum Gasteiger partial charge on any atom is -0.324 e. The molecule has 1 heteroatoms. The van der Waals surface area contributed by atoms with E-state index in [2.05, 4.69) is 54.6 Å². The van der Waals surface area contributed by atoms with Crippen LogP contribution in [0.3, 0.4) is 0 Å². The van der Waals surface area contributed by atoms with Gasteiger partial charge in [0, 0.05) is 6.04 Å². The molecule has 1 aliphatic rings. The maximum absolute atomic E-state index is 5.91. The number of rotatable bonds is 2. The fourth-order valence-electron chi connectivity index (χ4n) is 2.50. The van der Waals surface area contributed by atoms with E-state index in [1.807, 2.05) is 6.07 Å². The standard InChI is InChI=1S/C17H17N/c18-17-11-10-16(12-17)15-8-6-14(7-9-15)13-4-2-1-3-5-13/h1-9,12,17H,10-11,18H2. The van der Waals surface area contributed by atoms with Crippen LogP contribution in [0.2, 0.25) is 0 Å². The highest BCUT2D eigenvalue weighted by molar-refractivity contribution is 5.72. The monoisotopic (exact) mass is 235 g/mol. The first-order valence-electron chi connectivity index (χ1n) is 6.45. The van der Waals surface area contributed by atoms with Crippen molar-refractivity contribution in [3.63, 3.8) is 0 Å². The number of allylic oxidation sites excluding steroid dienone is 1. The average Bonchev–Trinajstić information content (AvgIpc) is 2.87. The van der Waals surface area contributed by atoms with Gasteiger partial charge in [-0.05, 0) is 35.1 Å². The lowest BCUT2D eigenvalue weighted by Gasteiger charge is -2.05. The molecule has 0 bridgehead atoms. The highest BCUT2D eigenvalue weighted by atomic mass is 14.6. The Bertz CT molecular complexity index is 552. The van der Waals surface area contributed by atoms with Crippen molar-refractivity contribution in [1.82, 2.24) is 0 Å². The lowest BCUT2D eigenvalue weighted by Crippen LogP contribution is -2.11. The topological polar surface area (TPSA) is 26.0 Å². The first-order chi connectivity index (χ1) is 8.83. The minimum atomic E-state index is 0.244. The second-order valence-electron chi connectivity index (χ2n) is 4.84. The summed E-state index contributed by atoms with van der Waals surface area (Å²) in [6.45, 7) is 0. The molecule has 1 aliphatic carbocycles. The Kier molecular flexibility index (Phi) is 2.99. The van der Waals surface area contributed by atoms with E-state index in [1.54, 1.807) is 0 Å². The molecule has 0 aromatic heterocycles. The third-order valence-corrected chi connectivity index (χ3v) is 3.53. The highest BCUT2D eigenvalue weighted by Crippen LogP contribution is 2.28. The molecule has 3 rings (SSSR count). The maximum Gasteiger partial charge on any atom is 0.0232 e. The molecule has 1 nitrogen and oxygen atoms in total. The number of hydrogen-bond donors (Lipinski definition) is 1. The fourth-order valence-corrected chi connectivity index (χ4v) is 2.50. The van der Waals surface area contributed by atoms with Gasteiger partial charge in [-0.15, -0.1) is 0 Å². The summed E-state index contributed by atoms with van der Waals surface area (Å²) in [5.74, 6) is 0. The SMILES string of the molecule is NC1C=C(c2ccc(-c3ccccc3)cc2)CC1. The summed E-state index contributed by atoms with van der Waals surface area (Å²) >= 11 is 0. The molecule has 90 valence electrons. The van der Waals surface area contributed by atoms with Crippen LogP contribution in [-0.4, -0.2) is 6.04 Å². The van der Waals surface area contributed by atoms with Gasteiger partial charge < -0.3 is 5.73 Å². The van der Waals surface area contributed by atoms with E-state index in [-0.39, 0.29) is 6.04 Å². The molecule has 2 aromatic rings. The number of nitrogens with two attached hydrogens (primary N) is 1. The molecule has 0 heterocycles. The molecule has 1 unspecified atom stereocenters. The predicted molar refractivity (Wildman–Crippen MR) is 77.1 cm³/mol. The van der Waals surface area contributed by atoms with Crippen molar-refractivity contribution >= 4 is 5.57 Å². The summed E-state index contributed by atoms with van der Waals surface area (Å²) in [6, 6.07) is 19.5. The van der Waals surface area contributed by atoms with Crippen LogP contribution < -0.4 is 5.73 Å². The van der Waals surface area contributed by atoms with Crippen molar-refractivity contribution < 1.29 is 0 Å². The zero-order valence-electron chi connectivity index (χ0n) is 10.3. The van der Waals surface area contributed by atoms with Crippen LogP contribution in [0, 0.1) is 0 Å². The third kappa shape index (κ3) is 2.22. The van der Waals surface area contributed by atoms with E-state index in [0.717, 1.165) is 12.8 Å². The van der Waals surface area contributed by atoms with Gasteiger partial charge >= 0.3 is 0 Å². The van der Waals surface area contributed by atoms with Crippen molar-refractivity contribution in [2.75, 3.05) is 0 Å². The van der Waals surface area contributed by atoms with Crippen molar-refractivity contribution in [2.24, 2.45) is 5.73 Å². The van der Waals surface area contributed by atoms with E-state index in [1.165, 1.54) is 22.3 Å². The van der Waals surface area contributed by atoms with Gasteiger partial charge in [0.05, 0.1) is 0 Å². The van der Waals surface area contributed by atoms with Crippen molar-refractivity contribution in [1.29, 1.82) is 0 Å². The molecule has 1 atom stereocenters. The first kappa shape index (κ1) is 11.2. The van der Waals surface area contributed by atoms with Crippen molar-refractivity contribution in [3.8, 4) is 11.1 Å². The van der Waals surface area contributed by atoms with Crippen LogP contribution >= 0.6 is 0 Å². The second kappa shape index (κ2) is 4.79. The third-order valence-electron chi connectivity index (χ3n) is 3.53. The van der Waals surface area contributed by atoms with Crippen LogP contribution in [0.15, 0.2) is 60.7 Å². The van der Waals surface area contributed by atoms with Gasteiger partial charge in [-0.25, -0.2) is 0 Å². The predicted octanol–water partition coefficient (Wildman–Crippen LogP) is 3.86. The molecule has 0 aliphatic heterocycles. The van der Waals surface area contributed by atoms with Gasteiger partial charge in [0.25, 0.3) is 0 Å². The summed E-state index contributed by atoms with van der Waals surface area (Å²) in [4.78, 5) is 0. The van der Waals surface area contributed by atoms with E-state index in [9.17, 15) is 0 Å². The van der Waals surface area contributed by atoms with Gasteiger partial charge in [0.15, 0.2) is 0 Å². The molecule has 0 radical (unpaired) electrons. The Labute approximate surface area is 108 Å². The molecule has 2 aromatic carbocycles. The molecule has 2 N–H and O–H groups in total. The van der Waals surface area contributed by atoms with Gasteiger partial charge in [-0.3, -0.25) is 0 Å². The molecule has 0 saturated carbocycles. The first-order valence-corrected chi connectivity index (χ1v) is 6.45. The van der Waals surface area contributed by atoms with Crippen molar-refractivity contribution in [3.05, 3.63) is 66.2 Å². The zero-order valence-corrected chi connectivity index (χ0v) is 10.3. The quantitative estimate of drug-likeness (QED) is 0.840. The van der Waals surface area contributed by atoms with E-state index >= 15 is 0 Å². The summed E-state index contributed by atoms with van der Waals surface area (Å²) in [5, 5.41) is 0. The molecule has 18 heavy (non-hydrogen) atoms. The molecule has 0 spiro atoms. The van der Waals surface area contributed by atoms with Gasteiger partial charge in [0.2, 0.25) is 0 Å². The highest BCUT2D eigenvalue weighted by Gasteiger charge is 2.12. The fraction of sp³-hybridized carbons (Fsp3) is 0.176. The number of benzene rings is 2. The van der Waals surface area contributed by atoms with E-state index in [0.29, 0.717) is 0 Å². The van der Waals surface area contributed by atoms with Crippen LogP contribution in [0.1, 0.15) is 18.4 Å². The van der Waals surface area contributed by atoms with E-state index < -0.39 is 0 Å². The average molecular weight is 235 g/mol. The van der Waals surface area contributed by atoms with Crippen LogP contribution in [0.4, 0.5) is 0 Å². The Morgan fingerprint density at radius 3 is 2.00 bits per heavy atom. The van der Waals surface area contributed by atoms with Crippen LogP contribution in [0.25, 0.3) is 16.7 Å². The van der Waals surface area contributed by atoms with Crippen LogP contribution in [0.5, 0.6) is 0 Å². The van der Waals surface area contributed by atoms with Gasteiger partial charge in [-0.1, -0.05) is 60.7 Å². The normalized spacial score (nSPS) is 18.7. The Hall–Kier alpha value is -1.86. The molecule has 0 saturated heterocycles. The maximum atomic E-state index is 5.91. The number of hydrogen-bond acceptors (Lipinski definition) is 1. The Balaban J connectivity index is 1.88. The lowest BCUT2D eigenvalue weighted by molar-refractivity contribution is 0.782. The molecular formula is C17H17N. The second-order valence-corrected chi connectivity index (χ2v) is 4.84. The molecular weight excluding hydrogens is 218 g/mol. The summed E-state index contributed by atoms with van der Waals surface area (Å²) in [5.41, 5.74) is 11.1. The Morgan fingerprint density at radius 2 is 1.39 bits per heavy atom. The van der Waals surface area contributed by atoms with Gasteiger partial charge in [-0.2, -0.15) is 0 Å². The van der Waals surface area contributed by atoms with Crippen LogP contribution in [-0.2, 0) is 0 Å². The molecule has 0 amide bonds. The zero-order chi connectivity index (χ0) is 12.4. The lowest BCUT2D eigenvalue weighted by atomic mass is 10.0. The smallest absolute Gasteiger partial charge is 0.0232 e. The summed E-state index contributed by atoms with van der Waals surface area (Å²) < 4.78 is 0.